The molecule has 0 aliphatic rings. The molecule has 1 aromatic carbocycles. The normalized spacial score (nSPS) is 11.8. The van der Waals surface area contributed by atoms with Crippen LogP contribution in [-0.2, 0) is 11.3 Å². The summed E-state index contributed by atoms with van der Waals surface area (Å²) in [5, 5.41) is 4.14. The van der Waals surface area contributed by atoms with Crippen LogP contribution in [0.4, 0.5) is 0 Å². The molecule has 0 radical (unpaired) electrons. The summed E-state index contributed by atoms with van der Waals surface area (Å²) in [6.45, 7) is 4.96. The van der Waals surface area contributed by atoms with Crippen LogP contribution in [0.2, 0.25) is 0 Å². The van der Waals surface area contributed by atoms with Crippen molar-refractivity contribution in [2.24, 2.45) is 0 Å². The summed E-state index contributed by atoms with van der Waals surface area (Å²) in [7, 11) is 3.20. The van der Waals surface area contributed by atoms with Gasteiger partial charge in [-0.2, -0.15) is 5.10 Å². The highest BCUT2D eigenvalue weighted by atomic mass is 16.5. The van der Waals surface area contributed by atoms with Crippen molar-refractivity contribution in [3.05, 3.63) is 42.2 Å². The van der Waals surface area contributed by atoms with Gasteiger partial charge in [-0.3, -0.25) is 9.48 Å². The molecule has 0 N–H and O–H groups in total. The summed E-state index contributed by atoms with van der Waals surface area (Å²) in [4.78, 5) is 14.5. The number of rotatable bonds is 7. The third-order valence-corrected chi connectivity index (χ3v) is 3.79. The smallest absolute Gasteiger partial charge is 0.247 e. The Bertz CT molecular complexity index is 641. The fourth-order valence-corrected chi connectivity index (χ4v) is 2.43. The van der Waals surface area contributed by atoms with Crippen LogP contribution >= 0.6 is 0 Å². The number of hydrogen-bond donors (Lipinski definition) is 0. The number of hydrogen-bond acceptors (Lipinski definition) is 4. The lowest BCUT2D eigenvalue weighted by Crippen LogP contribution is -2.35. The van der Waals surface area contributed by atoms with Crippen LogP contribution in [0, 0.1) is 0 Å². The Hall–Kier alpha value is -2.50. The average molecular weight is 317 g/mol. The third kappa shape index (κ3) is 3.83. The zero-order valence-corrected chi connectivity index (χ0v) is 14.0. The van der Waals surface area contributed by atoms with Crippen LogP contribution in [0.15, 0.2) is 36.7 Å². The molecule has 1 aromatic heterocycles. The van der Waals surface area contributed by atoms with E-state index in [2.05, 4.69) is 5.10 Å². The van der Waals surface area contributed by atoms with E-state index in [0.29, 0.717) is 24.6 Å². The lowest BCUT2D eigenvalue weighted by Gasteiger charge is -2.25. The van der Waals surface area contributed by atoms with Crippen molar-refractivity contribution in [2.45, 2.75) is 26.4 Å². The largest absolute Gasteiger partial charge is 0.493 e. The van der Waals surface area contributed by atoms with Gasteiger partial charge in [-0.1, -0.05) is 6.07 Å². The molecule has 1 atom stereocenters. The molecule has 0 saturated heterocycles. The van der Waals surface area contributed by atoms with Crippen LogP contribution in [0.3, 0.4) is 0 Å². The van der Waals surface area contributed by atoms with Gasteiger partial charge in [0.05, 0.1) is 14.2 Å². The summed E-state index contributed by atoms with van der Waals surface area (Å²) in [6, 6.07) is 7.17. The van der Waals surface area contributed by atoms with Crippen LogP contribution < -0.4 is 9.47 Å². The predicted molar refractivity (Wildman–Crippen MR) is 87.6 cm³/mol. The SMILES string of the molecule is CCN(Cc1ccc(OC)c(OC)c1)C(=O)C(C)n1cccn1. The summed E-state index contributed by atoms with van der Waals surface area (Å²) in [5.41, 5.74) is 0.991. The Balaban J connectivity index is 2.14. The Morgan fingerprint density at radius 2 is 2.04 bits per heavy atom. The molecule has 1 heterocycles. The van der Waals surface area contributed by atoms with Crippen molar-refractivity contribution in [3.63, 3.8) is 0 Å². The average Bonchev–Trinajstić information content (AvgIpc) is 3.12. The van der Waals surface area contributed by atoms with Gasteiger partial charge in [0, 0.05) is 25.5 Å². The van der Waals surface area contributed by atoms with Crippen molar-refractivity contribution >= 4 is 5.91 Å². The van der Waals surface area contributed by atoms with Gasteiger partial charge in [-0.15, -0.1) is 0 Å². The molecule has 0 bridgehead atoms. The number of likely N-dealkylation sites (N-methyl/N-ethyl adjacent to an activating group) is 1. The molecule has 1 unspecified atom stereocenters. The zero-order chi connectivity index (χ0) is 16.8. The molecule has 0 saturated carbocycles. The number of aromatic nitrogens is 2. The van der Waals surface area contributed by atoms with E-state index in [1.807, 2.05) is 38.1 Å². The molecule has 1 amide bonds. The molecule has 23 heavy (non-hydrogen) atoms. The highest BCUT2D eigenvalue weighted by molar-refractivity contribution is 5.80. The van der Waals surface area contributed by atoms with Gasteiger partial charge in [-0.05, 0) is 37.6 Å². The fourth-order valence-electron chi connectivity index (χ4n) is 2.43. The summed E-state index contributed by atoms with van der Waals surface area (Å²) >= 11 is 0. The Morgan fingerprint density at radius 3 is 2.61 bits per heavy atom. The molecular weight excluding hydrogens is 294 g/mol. The van der Waals surface area contributed by atoms with Crippen molar-refractivity contribution in [1.29, 1.82) is 0 Å². The first-order chi connectivity index (χ1) is 11.1. The molecule has 6 heteroatoms. The van der Waals surface area contributed by atoms with E-state index in [-0.39, 0.29) is 11.9 Å². The molecule has 2 aromatic rings. The van der Waals surface area contributed by atoms with Crippen molar-refractivity contribution in [3.8, 4) is 11.5 Å². The van der Waals surface area contributed by atoms with E-state index in [9.17, 15) is 4.79 Å². The predicted octanol–water partition coefficient (Wildman–Crippen LogP) is 2.51. The number of benzene rings is 1. The molecular formula is C17H23N3O3. The fraction of sp³-hybridized carbons (Fsp3) is 0.412. The highest BCUT2D eigenvalue weighted by Gasteiger charge is 2.21. The maximum Gasteiger partial charge on any atom is 0.247 e. The number of methoxy groups -OCH3 is 2. The molecule has 6 nitrogen and oxygen atoms in total. The number of carbonyl (C=O) groups excluding carboxylic acids is 1. The minimum Gasteiger partial charge on any atom is -0.493 e. The van der Waals surface area contributed by atoms with Crippen LogP contribution in [0.25, 0.3) is 0 Å². The van der Waals surface area contributed by atoms with Gasteiger partial charge in [0.15, 0.2) is 11.5 Å². The van der Waals surface area contributed by atoms with E-state index in [0.717, 1.165) is 5.56 Å². The first kappa shape index (κ1) is 16.9. The lowest BCUT2D eigenvalue weighted by molar-refractivity contribution is -0.135. The molecule has 0 fully saturated rings. The van der Waals surface area contributed by atoms with Gasteiger partial charge in [0.25, 0.3) is 0 Å². The second-order valence-corrected chi connectivity index (χ2v) is 5.20. The van der Waals surface area contributed by atoms with Crippen LogP contribution in [0.5, 0.6) is 11.5 Å². The second kappa shape index (κ2) is 7.67. The van der Waals surface area contributed by atoms with E-state index >= 15 is 0 Å². The standard InChI is InChI=1S/C17H23N3O3/c1-5-19(17(21)13(2)20-10-6-9-18-20)12-14-7-8-15(22-3)16(11-14)23-4/h6-11,13H,5,12H2,1-4H3. The zero-order valence-electron chi connectivity index (χ0n) is 14.0. The van der Waals surface area contributed by atoms with E-state index in [1.165, 1.54) is 0 Å². The van der Waals surface area contributed by atoms with Crippen molar-refractivity contribution in [1.82, 2.24) is 14.7 Å². The van der Waals surface area contributed by atoms with Gasteiger partial charge in [-0.25, -0.2) is 0 Å². The topological polar surface area (TPSA) is 56.6 Å². The van der Waals surface area contributed by atoms with Crippen molar-refractivity contribution in [2.75, 3.05) is 20.8 Å². The maximum absolute atomic E-state index is 12.7. The number of carbonyl (C=O) groups is 1. The first-order valence-electron chi connectivity index (χ1n) is 7.59. The number of nitrogens with zero attached hydrogens (tertiary/aromatic N) is 3. The van der Waals surface area contributed by atoms with Crippen LogP contribution in [0.1, 0.15) is 25.5 Å². The monoisotopic (exact) mass is 317 g/mol. The van der Waals surface area contributed by atoms with Gasteiger partial charge >= 0.3 is 0 Å². The molecule has 0 spiro atoms. The van der Waals surface area contributed by atoms with E-state index in [4.69, 9.17) is 9.47 Å². The summed E-state index contributed by atoms with van der Waals surface area (Å²) in [5.74, 6) is 1.37. The minimum atomic E-state index is -0.329. The van der Waals surface area contributed by atoms with E-state index < -0.39 is 0 Å². The number of ether oxygens (including phenoxy) is 2. The van der Waals surface area contributed by atoms with Crippen LogP contribution in [-0.4, -0.2) is 41.4 Å². The summed E-state index contributed by atoms with van der Waals surface area (Å²) in [6.07, 6.45) is 3.47. The first-order valence-corrected chi connectivity index (χ1v) is 7.59. The number of amides is 1. The molecule has 0 aliphatic carbocycles. The Morgan fingerprint density at radius 1 is 1.30 bits per heavy atom. The Kier molecular flexibility index (Phi) is 5.62. The summed E-state index contributed by atoms with van der Waals surface area (Å²) < 4.78 is 12.2. The van der Waals surface area contributed by atoms with Gasteiger partial charge in [0.2, 0.25) is 5.91 Å². The molecule has 2 rings (SSSR count). The minimum absolute atomic E-state index is 0.0333. The Labute approximate surface area is 136 Å². The maximum atomic E-state index is 12.7. The van der Waals surface area contributed by atoms with Gasteiger partial charge in [0.1, 0.15) is 6.04 Å². The highest BCUT2D eigenvalue weighted by Crippen LogP contribution is 2.28. The lowest BCUT2D eigenvalue weighted by atomic mass is 10.1. The molecule has 0 aliphatic heterocycles. The van der Waals surface area contributed by atoms with Crippen molar-refractivity contribution < 1.29 is 14.3 Å². The molecule has 124 valence electrons. The van der Waals surface area contributed by atoms with Gasteiger partial charge < -0.3 is 14.4 Å². The second-order valence-electron chi connectivity index (χ2n) is 5.20. The quantitative estimate of drug-likeness (QED) is 0.787. The van der Waals surface area contributed by atoms with E-state index in [1.54, 1.807) is 36.2 Å². The third-order valence-electron chi connectivity index (χ3n) is 3.79.